The number of aryl methyl sites for hydroxylation is 2. The number of nitrogens with one attached hydrogen (secondary N) is 1. The third kappa shape index (κ3) is 5.07. The number of hydrogen-bond donors (Lipinski definition) is 1. The van der Waals surface area contributed by atoms with Crippen molar-refractivity contribution in [1.82, 2.24) is 15.5 Å². The number of hydrogen-bond acceptors (Lipinski definition) is 6. The number of methoxy groups -OCH3 is 1. The van der Waals surface area contributed by atoms with E-state index in [1.807, 2.05) is 24.3 Å². The van der Waals surface area contributed by atoms with Gasteiger partial charge in [-0.2, -0.15) is 4.98 Å². The van der Waals surface area contributed by atoms with Gasteiger partial charge < -0.3 is 19.5 Å². The molecule has 0 radical (unpaired) electrons. The Morgan fingerprint density at radius 3 is 2.97 bits per heavy atom. The van der Waals surface area contributed by atoms with Crippen LogP contribution in [-0.4, -0.2) is 42.3 Å². The van der Waals surface area contributed by atoms with E-state index in [1.165, 1.54) is 6.07 Å². The van der Waals surface area contributed by atoms with Crippen molar-refractivity contribution in [3.05, 3.63) is 59.7 Å². The lowest BCUT2D eigenvalue weighted by Crippen LogP contribution is -2.48. The first-order valence-corrected chi connectivity index (χ1v) is 10.8. The Labute approximate surface area is 186 Å². The molecule has 3 aromatic rings. The standard InChI is InChI=1S/C24H27FN4O3/c1-16-9-10-17(14-19(16)25)24-27-23(32-28-24)12-11-22(30)26-18-6-5-13-29(15-18)20-7-3-4-8-21(20)31-2/h3-4,7-10,14,18H,5-6,11-13,15H2,1-2H3,(H,26,30). The molecule has 1 saturated heterocycles. The van der Waals surface area contributed by atoms with E-state index < -0.39 is 0 Å². The second kappa shape index (κ2) is 9.80. The molecule has 32 heavy (non-hydrogen) atoms. The number of carbonyl (C=O) groups is 1. The minimum absolute atomic E-state index is 0.0574. The predicted octanol–water partition coefficient (Wildman–Crippen LogP) is 3.91. The lowest BCUT2D eigenvalue weighted by Gasteiger charge is -2.35. The Kier molecular flexibility index (Phi) is 6.68. The van der Waals surface area contributed by atoms with Crippen LogP contribution < -0.4 is 15.0 Å². The van der Waals surface area contributed by atoms with Gasteiger partial charge in [-0.3, -0.25) is 4.79 Å². The Hall–Kier alpha value is -3.42. The molecule has 2 heterocycles. The molecular weight excluding hydrogens is 411 g/mol. The van der Waals surface area contributed by atoms with Crippen molar-refractivity contribution in [2.75, 3.05) is 25.1 Å². The first kappa shape index (κ1) is 21.8. The summed E-state index contributed by atoms with van der Waals surface area (Å²) in [6.45, 7) is 3.36. The van der Waals surface area contributed by atoms with Crippen LogP contribution in [0, 0.1) is 12.7 Å². The van der Waals surface area contributed by atoms with Gasteiger partial charge >= 0.3 is 0 Å². The van der Waals surface area contributed by atoms with Gasteiger partial charge in [0.25, 0.3) is 0 Å². The average molecular weight is 439 g/mol. The van der Waals surface area contributed by atoms with Gasteiger partial charge in [0.15, 0.2) is 0 Å². The monoisotopic (exact) mass is 438 g/mol. The normalized spacial score (nSPS) is 16.1. The smallest absolute Gasteiger partial charge is 0.227 e. The lowest BCUT2D eigenvalue weighted by molar-refractivity contribution is -0.121. The quantitative estimate of drug-likeness (QED) is 0.603. The van der Waals surface area contributed by atoms with Gasteiger partial charge in [-0.15, -0.1) is 0 Å². The molecular formula is C24H27FN4O3. The van der Waals surface area contributed by atoms with E-state index in [0.29, 0.717) is 29.3 Å². The summed E-state index contributed by atoms with van der Waals surface area (Å²) in [5, 5.41) is 7.03. The van der Waals surface area contributed by atoms with Gasteiger partial charge in [0.2, 0.25) is 17.6 Å². The maximum absolute atomic E-state index is 13.8. The van der Waals surface area contributed by atoms with Crippen LogP contribution in [0.5, 0.6) is 5.75 Å². The van der Waals surface area contributed by atoms with E-state index in [2.05, 4.69) is 20.4 Å². The van der Waals surface area contributed by atoms with Crippen LogP contribution in [0.4, 0.5) is 10.1 Å². The topological polar surface area (TPSA) is 80.5 Å². The minimum Gasteiger partial charge on any atom is -0.495 e. The van der Waals surface area contributed by atoms with E-state index in [0.717, 1.165) is 37.4 Å². The number of benzene rings is 2. The largest absolute Gasteiger partial charge is 0.495 e. The number of anilines is 1. The second-order valence-electron chi connectivity index (χ2n) is 8.00. The molecule has 1 amide bonds. The SMILES string of the molecule is COc1ccccc1N1CCCC(NC(=O)CCc2nc(-c3ccc(C)c(F)c3)no2)C1. The zero-order chi connectivity index (χ0) is 22.5. The summed E-state index contributed by atoms with van der Waals surface area (Å²) in [6, 6.07) is 12.8. The maximum Gasteiger partial charge on any atom is 0.227 e. The zero-order valence-electron chi connectivity index (χ0n) is 18.3. The van der Waals surface area contributed by atoms with Gasteiger partial charge in [-0.25, -0.2) is 4.39 Å². The highest BCUT2D eigenvalue weighted by molar-refractivity contribution is 5.76. The predicted molar refractivity (Wildman–Crippen MR) is 119 cm³/mol. The van der Waals surface area contributed by atoms with Crippen molar-refractivity contribution in [3.63, 3.8) is 0 Å². The van der Waals surface area contributed by atoms with Crippen LogP contribution in [-0.2, 0) is 11.2 Å². The van der Waals surface area contributed by atoms with Crippen LogP contribution in [0.3, 0.4) is 0 Å². The summed E-state index contributed by atoms with van der Waals surface area (Å²) in [6.07, 6.45) is 2.50. The Bertz CT molecular complexity index is 1080. The van der Waals surface area contributed by atoms with Crippen molar-refractivity contribution in [1.29, 1.82) is 0 Å². The maximum atomic E-state index is 13.8. The van der Waals surface area contributed by atoms with E-state index in [9.17, 15) is 9.18 Å². The molecule has 0 bridgehead atoms. The van der Waals surface area contributed by atoms with Crippen molar-refractivity contribution >= 4 is 11.6 Å². The molecule has 1 aliphatic heterocycles. The molecule has 4 rings (SSSR count). The molecule has 2 aromatic carbocycles. The number of nitrogens with zero attached hydrogens (tertiary/aromatic N) is 3. The number of piperidine rings is 1. The third-order valence-corrected chi connectivity index (χ3v) is 5.68. The van der Waals surface area contributed by atoms with Crippen LogP contribution >= 0.6 is 0 Å². The van der Waals surface area contributed by atoms with E-state index >= 15 is 0 Å². The molecule has 1 N–H and O–H groups in total. The molecule has 1 aliphatic rings. The van der Waals surface area contributed by atoms with Crippen LogP contribution in [0.2, 0.25) is 0 Å². The molecule has 1 unspecified atom stereocenters. The van der Waals surface area contributed by atoms with Crippen molar-refractivity contribution < 1.29 is 18.4 Å². The molecule has 1 fully saturated rings. The summed E-state index contributed by atoms with van der Waals surface area (Å²) in [7, 11) is 1.67. The molecule has 1 aromatic heterocycles. The fourth-order valence-corrected chi connectivity index (χ4v) is 3.93. The Morgan fingerprint density at radius 2 is 2.16 bits per heavy atom. The number of rotatable bonds is 7. The molecule has 168 valence electrons. The number of halogens is 1. The summed E-state index contributed by atoms with van der Waals surface area (Å²) in [5.74, 6) is 1.13. The highest BCUT2D eigenvalue weighted by Crippen LogP contribution is 2.30. The van der Waals surface area contributed by atoms with E-state index in [1.54, 1.807) is 26.2 Å². The van der Waals surface area contributed by atoms with Crippen LogP contribution in [0.1, 0.15) is 30.7 Å². The molecule has 8 heteroatoms. The van der Waals surface area contributed by atoms with E-state index in [4.69, 9.17) is 9.26 Å². The van der Waals surface area contributed by atoms with Gasteiger partial charge in [0.1, 0.15) is 11.6 Å². The second-order valence-corrected chi connectivity index (χ2v) is 8.00. The Morgan fingerprint density at radius 1 is 1.31 bits per heavy atom. The van der Waals surface area contributed by atoms with Crippen LogP contribution in [0.15, 0.2) is 47.0 Å². The summed E-state index contributed by atoms with van der Waals surface area (Å²) < 4.78 is 24.5. The van der Waals surface area contributed by atoms with Crippen LogP contribution in [0.25, 0.3) is 11.4 Å². The third-order valence-electron chi connectivity index (χ3n) is 5.68. The number of ether oxygens (including phenoxy) is 1. The molecule has 7 nitrogen and oxygen atoms in total. The van der Waals surface area contributed by atoms with Crippen molar-refractivity contribution in [3.8, 4) is 17.1 Å². The first-order valence-electron chi connectivity index (χ1n) is 10.8. The molecule has 0 saturated carbocycles. The first-order chi connectivity index (χ1) is 15.5. The zero-order valence-corrected chi connectivity index (χ0v) is 18.3. The van der Waals surface area contributed by atoms with Gasteiger partial charge in [-0.05, 0) is 43.5 Å². The molecule has 1 atom stereocenters. The Balaban J connectivity index is 1.30. The lowest BCUT2D eigenvalue weighted by atomic mass is 10.0. The fraction of sp³-hybridized carbons (Fsp3) is 0.375. The fourth-order valence-electron chi connectivity index (χ4n) is 3.93. The number of amides is 1. The number of carbonyl (C=O) groups excluding carboxylic acids is 1. The van der Waals surface area contributed by atoms with Crippen molar-refractivity contribution in [2.45, 2.75) is 38.6 Å². The van der Waals surface area contributed by atoms with Gasteiger partial charge in [-0.1, -0.05) is 29.4 Å². The highest BCUT2D eigenvalue weighted by Gasteiger charge is 2.23. The summed E-state index contributed by atoms with van der Waals surface area (Å²) in [5.41, 5.74) is 2.15. The van der Waals surface area contributed by atoms with E-state index in [-0.39, 0.29) is 24.2 Å². The van der Waals surface area contributed by atoms with Gasteiger partial charge in [0, 0.05) is 37.5 Å². The number of aromatic nitrogens is 2. The molecule has 0 spiro atoms. The minimum atomic E-state index is -0.317. The van der Waals surface area contributed by atoms with Crippen molar-refractivity contribution in [2.24, 2.45) is 0 Å². The molecule has 0 aliphatic carbocycles. The highest BCUT2D eigenvalue weighted by atomic mass is 19.1. The number of para-hydroxylation sites is 2. The summed E-state index contributed by atoms with van der Waals surface area (Å²) in [4.78, 5) is 19.1. The average Bonchev–Trinajstić information content (AvgIpc) is 3.29. The van der Waals surface area contributed by atoms with Gasteiger partial charge in [0.05, 0.1) is 12.8 Å². The summed E-state index contributed by atoms with van der Waals surface area (Å²) >= 11 is 0.